The second kappa shape index (κ2) is 16.4. The average Bonchev–Trinajstić information content (AvgIpc) is 2.39. The van der Waals surface area contributed by atoms with E-state index in [2.05, 4.69) is 31.2 Å². The molecule has 1 heteroatoms. The van der Waals surface area contributed by atoms with Crippen molar-refractivity contribution in [3.63, 3.8) is 0 Å². The van der Waals surface area contributed by atoms with Gasteiger partial charge in [0.25, 0.3) is 0 Å². The normalized spacial score (nSPS) is 11.9. The van der Waals surface area contributed by atoms with E-state index in [1.165, 1.54) is 64.2 Å². The van der Waals surface area contributed by atoms with E-state index in [-0.39, 0.29) is 6.61 Å². The molecular weight excluding hydrogens is 220 g/mol. The van der Waals surface area contributed by atoms with E-state index in [1.807, 2.05) is 0 Å². The van der Waals surface area contributed by atoms with Crippen molar-refractivity contribution in [1.29, 1.82) is 0 Å². The van der Waals surface area contributed by atoms with Crippen molar-refractivity contribution < 1.29 is 5.11 Å². The summed E-state index contributed by atoms with van der Waals surface area (Å²) in [7, 11) is 0. The molecule has 0 aromatic carbocycles. The Morgan fingerprint density at radius 2 is 1.06 bits per heavy atom. The van der Waals surface area contributed by atoms with Crippen LogP contribution in [0, 0.1) is 0 Å². The largest absolute Gasteiger partial charge is 0.396 e. The molecular formula is C17H32O. The van der Waals surface area contributed by atoms with Crippen molar-refractivity contribution >= 4 is 0 Å². The number of hydrogen-bond donors (Lipinski definition) is 1. The first kappa shape index (κ1) is 17.4. The van der Waals surface area contributed by atoms with Crippen molar-refractivity contribution in [3.8, 4) is 0 Å². The van der Waals surface area contributed by atoms with Gasteiger partial charge in [-0.2, -0.15) is 0 Å². The Hall–Kier alpha value is -0.560. The predicted molar refractivity (Wildman–Crippen MR) is 81.8 cm³/mol. The van der Waals surface area contributed by atoms with Crippen LogP contribution < -0.4 is 0 Å². The fourth-order valence-corrected chi connectivity index (χ4v) is 1.94. The van der Waals surface area contributed by atoms with Crippen LogP contribution in [0.25, 0.3) is 0 Å². The van der Waals surface area contributed by atoms with Gasteiger partial charge in [-0.15, -0.1) is 0 Å². The second-order valence-corrected chi connectivity index (χ2v) is 4.94. The minimum Gasteiger partial charge on any atom is -0.396 e. The van der Waals surface area contributed by atoms with Crippen molar-refractivity contribution in [2.45, 2.75) is 77.6 Å². The molecule has 0 saturated heterocycles. The minimum atomic E-state index is 0.277. The van der Waals surface area contributed by atoms with Crippen molar-refractivity contribution in [2.24, 2.45) is 0 Å². The molecule has 0 aromatic rings. The first-order valence-corrected chi connectivity index (χ1v) is 7.82. The zero-order valence-electron chi connectivity index (χ0n) is 12.2. The predicted octanol–water partition coefficient (Wildman–Crippen LogP) is 5.40. The molecule has 0 unspecified atom stereocenters. The van der Waals surface area contributed by atoms with Crippen LogP contribution in [-0.2, 0) is 0 Å². The first-order valence-electron chi connectivity index (χ1n) is 7.82. The Kier molecular flexibility index (Phi) is 15.9. The number of aliphatic hydroxyl groups excluding tert-OH is 1. The summed E-state index contributed by atoms with van der Waals surface area (Å²) in [6.45, 7) is 2.54. The van der Waals surface area contributed by atoms with Gasteiger partial charge < -0.3 is 5.11 Å². The maximum atomic E-state index is 8.60. The molecule has 1 nitrogen and oxygen atoms in total. The Balaban J connectivity index is 3.08. The van der Waals surface area contributed by atoms with Crippen LogP contribution in [0.1, 0.15) is 77.6 Å². The Labute approximate surface area is 114 Å². The van der Waals surface area contributed by atoms with Crippen LogP contribution in [0.15, 0.2) is 24.3 Å². The fourth-order valence-electron chi connectivity index (χ4n) is 1.94. The van der Waals surface area contributed by atoms with Crippen molar-refractivity contribution in [1.82, 2.24) is 0 Å². The van der Waals surface area contributed by atoms with Gasteiger partial charge in [-0.1, -0.05) is 56.9 Å². The topological polar surface area (TPSA) is 20.2 Å². The zero-order chi connectivity index (χ0) is 13.3. The highest BCUT2D eigenvalue weighted by molar-refractivity contribution is 4.82. The van der Waals surface area contributed by atoms with Crippen LogP contribution in [0.5, 0.6) is 0 Å². The lowest BCUT2D eigenvalue weighted by molar-refractivity contribution is 0.302. The second-order valence-electron chi connectivity index (χ2n) is 4.94. The molecule has 0 rings (SSSR count). The maximum absolute atomic E-state index is 8.60. The van der Waals surface area contributed by atoms with E-state index in [9.17, 15) is 0 Å². The summed E-state index contributed by atoms with van der Waals surface area (Å²) < 4.78 is 0. The van der Waals surface area contributed by atoms with Crippen LogP contribution in [0.3, 0.4) is 0 Å². The van der Waals surface area contributed by atoms with Crippen molar-refractivity contribution in [3.05, 3.63) is 24.3 Å². The van der Waals surface area contributed by atoms with E-state index in [1.54, 1.807) is 0 Å². The third kappa shape index (κ3) is 15.4. The summed E-state index contributed by atoms with van der Waals surface area (Å²) in [6.07, 6.45) is 22.9. The van der Waals surface area contributed by atoms with Gasteiger partial charge in [0, 0.05) is 6.61 Å². The Morgan fingerprint density at radius 3 is 1.50 bits per heavy atom. The monoisotopic (exact) mass is 252 g/mol. The van der Waals surface area contributed by atoms with Gasteiger partial charge in [-0.25, -0.2) is 0 Å². The lowest BCUT2D eigenvalue weighted by Crippen LogP contribution is -1.78. The lowest BCUT2D eigenvalue weighted by atomic mass is 10.1. The first-order chi connectivity index (χ1) is 8.91. The number of allylic oxidation sites excluding steroid dienone is 3. The quantitative estimate of drug-likeness (QED) is 0.343. The molecule has 18 heavy (non-hydrogen) atoms. The van der Waals surface area contributed by atoms with E-state index < -0.39 is 0 Å². The lowest BCUT2D eigenvalue weighted by Gasteiger charge is -1.96. The van der Waals surface area contributed by atoms with Gasteiger partial charge in [0.05, 0.1) is 0 Å². The highest BCUT2D eigenvalue weighted by Crippen LogP contribution is 2.07. The number of unbranched alkanes of at least 4 members (excludes halogenated alkanes) is 8. The van der Waals surface area contributed by atoms with E-state index >= 15 is 0 Å². The molecule has 106 valence electrons. The zero-order valence-corrected chi connectivity index (χ0v) is 12.2. The Morgan fingerprint density at radius 1 is 0.611 bits per heavy atom. The summed E-state index contributed by atoms with van der Waals surface area (Å²) >= 11 is 0. The molecule has 1 N–H and O–H groups in total. The van der Waals surface area contributed by atoms with Crippen LogP contribution >= 0.6 is 0 Å². The highest BCUT2D eigenvalue weighted by atomic mass is 16.2. The fraction of sp³-hybridized carbons (Fsp3) is 0.765. The molecule has 0 amide bonds. The molecule has 0 atom stereocenters. The molecule has 0 saturated carbocycles. The van der Waals surface area contributed by atoms with E-state index in [4.69, 9.17) is 5.11 Å². The van der Waals surface area contributed by atoms with Gasteiger partial charge in [0.2, 0.25) is 0 Å². The minimum absolute atomic E-state index is 0.277. The van der Waals surface area contributed by atoms with Crippen LogP contribution in [-0.4, -0.2) is 11.7 Å². The van der Waals surface area contributed by atoms with E-state index in [0.29, 0.717) is 0 Å². The number of rotatable bonds is 13. The van der Waals surface area contributed by atoms with Crippen LogP contribution in [0.4, 0.5) is 0 Å². The van der Waals surface area contributed by atoms with Crippen LogP contribution in [0.2, 0.25) is 0 Å². The molecule has 0 aromatic heterocycles. The van der Waals surface area contributed by atoms with Gasteiger partial charge in [0.1, 0.15) is 0 Å². The van der Waals surface area contributed by atoms with Gasteiger partial charge >= 0.3 is 0 Å². The molecule has 0 aliphatic carbocycles. The van der Waals surface area contributed by atoms with Gasteiger partial charge in [-0.05, 0) is 44.9 Å². The Bertz CT molecular complexity index is 194. The maximum Gasteiger partial charge on any atom is 0.0465 e. The van der Waals surface area contributed by atoms with Gasteiger partial charge in [-0.3, -0.25) is 0 Å². The summed E-state index contributed by atoms with van der Waals surface area (Å²) in [5, 5.41) is 8.60. The van der Waals surface area contributed by atoms with E-state index in [0.717, 1.165) is 6.42 Å². The summed E-state index contributed by atoms with van der Waals surface area (Å²) in [6, 6.07) is 0. The average molecular weight is 252 g/mol. The number of aliphatic hydroxyl groups is 1. The molecule has 0 fully saturated rings. The molecule has 0 aliphatic rings. The summed E-state index contributed by atoms with van der Waals surface area (Å²) in [5.74, 6) is 0. The molecule has 0 aliphatic heterocycles. The molecule has 0 radical (unpaired) electrons. The molecule has 0 heterocycles. The van der Waals surface area contributed by atoms with Crippen molar-refractivity contribution in [2.75, 3.05) is 6.61 Å². The summed E-state index contributed by atoms with van der Waals surface area (Å²) in [5.41, 5.74) is 0. The standard InChI is InChI=1S/C17H32O/c1-2-3-4-5-6-7-8-9-10-11-12-13-14-15-16-17-18/h7-8,14-15,18H,2-6,9-13,16-17H2,1H3/b8-7+,15-14+. The SMILES string of the molecule is CCCCCC/C=C/CCCCC/C=C/CCO. The molecule has 0 spiro atoms. The third-order valence-electron chi connectivity index (χ3n) is 3.10. The highest BCUT2D eigenvalue weighted by Gasteiger charge is 1.87. The van der Waals surface area contributed by atoms with Gasteiger partial charge in [0.15, 0.2) is 0 Å². The molecule has 0 bridgehead atoms. The smallest absolute Gasteiger partial charge is 0.0465 e. The summed E-state index contributed by atoms with van der Waals surface area (Å²) in [4.78, 5) is 0. The third-order valence-corrected chi connectivity index (χ3v) is 3.10. The number of hydrogen-bond acceptors (Lipinski definition) is 1.